The zero-order valence-electron chi connectivity index (χ0n) is 24.3. The van der Waals surface area contributed by atoms with Gasteiger partial charge in [-0.2, -0.15) is 0 Å². The predicted octanol–water partition coefficient (Wildman–Crippen LogP) is 6.75. The number of carbonyl (C=O) groups is 1. The smallest absolute Gasteiger partial charge is 0.262 e. The summed E-state index contributed by atoms with van der Waals surface area (Å²) in [5.41, 5.74) is 7.36. The summed E-state index contributed by atoms with van der Waals surface area (Å²) >= 11 is 0. The first-order valence-electron chi connectivity index (χ1n) is 14.1. The molecule has 0 unspecified atom stereocenters. The number of ether oxygens (including phenoxy) is 2. The highest BCUT2D eigenvalue weighted by Gasteiger charge is 2.19. The van der Waals surface area contributed by atoms with Crippen LogP contribution in [0.4, 0.5) is 24.5 Å². The van der Waals surface area contributed by atoms with Gasteiger partial charge in [0.1, 0.15) is 28.8 Å². The summed E-state index contributed by atoms with van der Waals surface area (Å²) in [6.45, 7) is 2.00. The van der Waals surface area contributed by atoms with Crippen molar-refractivity contribution in [1.29, 1.82) is 0 Å². The Hall–Kier alpha value is -6.04. The van der Waals surface area contributed by atoms with E-state index < -0.39 is 28.9 Å². The Morgan fingerprint density at radius 3 is 2.50 bits per heavy atom. The highest BCUT2D eigenvalue weighted by molar-refractivity contribution is 5.98. The van der Waals surface area contributed by atoms with Gasteiger partial charge in [-0.1, -0.05) is 0 Å². The number of hydrogen-bond acceptors (Lipinski definition) is 6. The number of nitrogens with one attached hydrogen (secondary N) is 2. The third-order valence-electron chi connectivity index (χ3n) is 7.14. The number of amides is 1. The molecule has 1 amide bonds. The van der Waals surface area contributed by atoms with Crippen LogP contribution in [0.3, 0.4) is 0 Å². The Morgan fingerprint density at radius 2 is 1.74 bits per heavy atom. The summed E-state index contributed by atoms with van der Waals surface area (Å²) in [5, 5.41) is 3.02. The summed E-state index contributed by atoms with van der Waals surface area (Å²) in [7, 11) is 0. The van der Waals surface area contributed by atoms with Crippen LogP contribution in [0.1, 0.15) is 12.5 Å². The molecule has 0 aliphatic carbocycles. The lowest BCUT2D eigenvalue weighted by Gasteiger charge is -2.14. The average molecular weight is 626 g/mol. The van der Waals surface area contributed by atoms with E-state index in [-0.39, 0.29) is 47.1 Å². The van der Waals surface area contributed by atoms with Crippen LogP contribution >= 0.6 is 0 Å². The maximum absolute atomic E-state index is 15.3. The highest BCUT2D eigenvalue weighted by Crippen LogP contribution is 2.39. The van der Waals surface area contributed by atoms with Gasteiger partial charge in [-0.3, -0.25) is 14.2 Å². The van der Waals surface area contributed by atoms with Crippen molar-refractivity contribution in [2.24, 2.45) is 0 Å². The van der Waals surface area contributed by atoms with Gasteiger partial charge in [-0.15, -0.1) is 0 Å². The van der Waals surface area contributed by atoms with Crippen LogP contribution in [-0.4, -0.2) is 27.0 Å². The van der Waals surface area contributed by atoms with E-state index in [4.69, 9.17) is 15.2 Å². The van der Waals surface area contributed by atoms with E-state index in [9.17, 15) is 18.4 Å². The summed E-state index contributed by atoms with van der Waals surface area (Å²) in [6.07, 6.45) is 4.14. The zero-order chi connectivity index (χ0) is 32.4. The number of anilines is 2. The molecule has 6 aromatic rings. The van der Waals surface area contributed by atoms with Gasteiger partial charge >= 0.3 is 0 Å². The summed E-state index contributed by atoms with van der Waals surface area (Å²) in [5.74, 6) is -2.07. The van der Waals surface area contributed by atoms with Crippen molar-refractivity contribution in [2.75, 3.05) is 17.7 Å². The lowest BCUT2D eigenvalue weighted by atomic mass is 10.0. The second kappa shape index (κ2) is 12.5. The standard InChI is InChI=1S/C34H26F3N5O4/c1-2-45-28-12-14-42(22-7-3-19(35)4-8-22)34(44)24(28)17-31(43)41-21-6-10-29(27(37)16-21)46-30-11-13-39-33-32(30)25(18-40-33)23-15-20(38)5-9-26(23)36/h3-16,18H,2,17,38H2,1H3,(H,39,40)(H,41,43). The summed E-state index contributed by atoms with van der Waals surface area (Å²) in [6, 6.07) is 16.4. The summed E-state index contributed by atoms with van der Waals surface area (Å²) in [4.78, 5) is 33.6. The van der Waals surface area contributed by atoms with E-state index in [1.165, 1.54) is 77.6 Å². The monoisotopic (exact) mass is 625 g/mol. The Morgan fingerprint density at radius 1 is 0.935 bits per heavy atom. The molecule has 0 saturated carbocycles. The maximum atomic E-state index is 15.3. The minimum Gasteiger partial charge on any atom is -0.493 e. The minimum atomic E-state index is -0.789. The second-order valence-corrected chi connectivity index (χ2v) is 10.2. The molecular formula is C34H26F3N5O4. The fourth-order valence-corrected chi connectivity index (χ4v) is 5.04. The molecule has 3 heterocycles. The number of nitrogen functional groups attached to an aromatic ring is 1. The number of hydrogen-bond donors (Lipinski definition) is 3. The van der Waals surface area contributed by atoms with E-state index in [1.807, 2.05) is 0 Å². The van der Waals surface area contributed by atoms with Crippen LogP contribution in [0.5, 0.6) is 17.2 Å². The first kappa shape index (κ1) is 30.0. The second-order valence-electron chi connectivity index (χ2n) is 10.2. The van der Waals surface area contributed by atoms with Gasteiger partial charge < -0.3 is 25.5 Å². The van der Waals surface area contributed by atoms with Gasteiger partial charge in [0.15, 0.2) is 11.6 Å². The zero-order valence-corrected chi connectivity index (χ0v) is 24.3. The van der Waals surface area contributed by atoms with Crippen molar-refractivity contribution < 1.29 is 27.4 Å². The molecular weight excluding hydrogens is 599 g/mol. The number of rotatable bonds is 9. The van der Waals surface area contributed by atoms with Crippen LogP contribution in [0.15, 0.2) is 96.2 Å². The predicted molar refractivity (Wildman–Crippen MR) is 168 cm³/mol. The lowest BCUT2D eigenvalue weighted by Crippen LogP contribution is -2.26. The molecule has 0 radical (unpaired) electrons. The van der Waals surface area contributed by atoms with Crippen molar-refractivity contribution in [3.8, 4) is 34.1 Å². The first-order valence-corrected chi connectivity index (χ1v) is 14.1. The van der Waals surface area contributed by atoms with Gasteiger partial charge in [-0.05, 0) is 73.7 Å². The van der Waals surface area contributed by atoms with Crippen molar-refractivity contribution in [3.05, 3.63) is 125 Å². The Bertz CT molecular complexity index is 2140. The normalized spacial score (nSPS) is 11.0. The number of halogens is 3. The van der Waals surface area contributed by atoms with Crippen molar-refractivity contribution in [2.45, 2.75) is 13.3 Å². The number of pyridine rings is 2. The molecule has 9 nitrogen and oxygen atoms in total. The molecule has 232 valence electrons. The topological polar surface area (TPSA) is 124 Å². The molecule has 6 rings (SSSR count). The van der Waals surface area contributed by atoms with Crippen LogP contribution in [-0.2, 0) is 11.2 Å². The number of aromatic amines is 1. The molecule has 0 atom stereocenters. The highest BCUT2D eigenvalue weighted by atomic mass is 19.1. The van der Waals surface area contributed by atoms with Crippen LogP contribution in [0.2, 0.25) is 0 Å². The van der Waals surface area contributed by atoms with E-state index in [0.717, 1.165) is 6.07 Å². The number of nitrogens with two attached hydrogens (primary N) is 1. The van der Waals surface area contributed by atoms with E-state index >= 15 is 4.39 Å². The fourth-order valence-electron chi connectivity index (χ4n) is 5.04. The SMILES string of the molecule is CCOc1ccn(-c2ccc(F)cc2)c(=O)c1CC(=O)Nc1ccc(Oc2ccnc3[nH]cc(-c4cc(N)ccc4F)c23)c(F)c1. The van der Waals surface area contributed by atoms with Gasteiger partial charge in [0, 0.05) is 52.8 Å². The number of benzene rings is 3. The molecule has 3 aromatic heterocycles. The Kier molecular flexibility index (Phi) is 8.17. The van der Waals surface area contributed by atoms with Gasteiger partial charge in [0.05, 0.1) is 24.0 Å². The van der Waals surface area contributed by atoms with Crippen molar-refractivity contribution >= 4 is 28.3 Å². The van der Waals surface area contributed by atoms with Gasteiger partial charge in [-0.25, -0.2) is 18.2 Å². The molecule has 0 fully saturated rings. The van der Waals surface area contributed by atoms with E-state index in [1.54, 1.807) is 19.2 Å². The fraction of sp³-hybridized carbons (Fsp3) is 0.0882. The molecule has 4 N–H and O–H groups in total. The maximum Gasteiger partial charge on any atom is 0.262 e. The molecule has 0 bridgehead atoms. The lowest BCUT2D eigenvalue weighted by molar-refractivity contribution is -0.115. The molecule has 46 heavy (non-hydrogen) atoms. The molecule has 0 saturated heterocycles. The number of carbonyl (C=O) groups excluding carboxylic acids is 1. The van der Waals surface area contributed by atoms with Gasteiger partial charge in [0.2, 0.25) is 5.91 Å². The van der Waals surface area contributed by atoms with Crippen LogP contribution < -0.4 is 26.1 Å². The van der Waals surface area contributed by atoms with Crippen LogP contribution in [0.25, 0.3) is 27.8 Å². The van der Waals surface area contributed by atoms with Crippen LogP contribution in [0, 0.1) is 17.5 Å². The third kappa shape index (κ3) is 6.00. The molecule has 3 aromatic carbocycles. The number of fused-ring (bicyclic) bond motifs is 1. The van der Waals surface area contributed by atoms with E-state index in [2.05, 4.69) is 15.3 Å². The Labute approximate surface area is 260 Å². The number of H-pyrrole nitrogens is 1. The van der Waals surface area contributed by atoms with Crippen molar-refractivity contribution in [1.82, 2.24) is 14.5 Å². The quantitative estimate of drug-likeness (QED) is 0.153. The third-order valence-corrected chi connectivity index (χ3v) is 7.14. The molecule has 0 aliphatic heterocycles. The number of nitrogens with zero attached hydrogens (tertiary/aromatic N) is 2. The molecule has 0 spiro atoms. The Balaban J connectivity index is 1.24. The van der Waals surface area contributed by atoms with Crippen molar-refractivity contribution in [3.63, 3.8) is 0 Å². The largest absolute Gasteiger partial charge is 0.493 e. The minimum absolute atomic E-state index is 0.0761. The first-order chi connectivity index (χ1) is 22.2. The average Bonchev–Trinajstić information content (AvgIpc) is 3.47. The molecule has 12 heteroatoms. The van der Waals surface area contributed by atoms with Gasteiger partial charge in [0.25, 0.3) is 5.56 Å². The molecule has 0 aliphatic rings. The summed E-state index contributed by atoms with van der Waals surface area (Å²) < 4.78 is 56.2. The van der Waals surface area contributed by atoms with E-state index in [0.29, 0.717) is 28.0 Å². The number of aromatic nitrogens is 3.